The maximum Gasteiger partial charge on any atom is 0.254 e. The normalized spacial score (nSPS) is 25.6. The molecule has 2 rings (SSSR count). The van der Waals surface area contributed by atoms with Gasteiger partial charge >= 0.3 is 0 Å². The predicted octanol–water partition coefficient (Wildman–Crippen LogP) is 3.00. The van der Waals surface area contributed by atoms with Crippen molar-refractivity contribution in [1.29, 1.82) is 0 Å². The van der Waals surface area contributed by atoms with Gasteiger partial charge in [-0.2, -0.15) is 4.31 Å². The van der Waals surface area contributed by atoms with Crippen molar-refractivity contribution in [2.24, 2.45) is 5.92 Å². The molecule has 0 aliphatic heterocycles. The van der Waals surface area contributed by atoms with Crippen LogP contribution in [0.2, 0.25) is 4.47 Å². The Bertz CT molecular complexity index is 515. The molecule has 0 bridgehead atoms. The summed E-state index contributed by atoms with van der Waals surface area (Å²) in [5, 5.41) is 0. The molecule has 0 aromatic carbocycles. The standard InChI is InChI=1S/C11H17ClN2O2S2/c1-8-4-3-5-9(6-8)14(2)18(15,16)10-7-13-11(12)17-10/h7-9H,3-6H2,1-2H3. The maximum atomic E-state index is 12.4. The first-order chi connectivity index (χ1) is 8.41. The van der Waals surface area contributed by atoms with Crippen molar-refractivity contribution >= 4 is 33.0 Å². The lowest BCUT2D eigenvalue weighted by Crippen LogP contribution is -2.39. The summed E-state index contributed by atoms with van der Waals surface area (Å²) in [6.07, 6.45) is 5.49. The molecular weight excluding hydrogens is 292 g/mol. The van der Waals surface area contributed by atoms with E-state index in [1.54, 1.807) is 7.05 Å². The van der Waals surface area contributed by atoms with Crippen LogP contribution in [0.15, 0.2) is 10.4 Å². The van der Waals surface area contributed by atoms with Crippen LogP contribution in [-0.4, -0.2) is 30.8 Å². The molecule has 1 aromatic rings. The van der Waals surface area contributed by atoms with Crippen LogP contribution in [0, 0.1) is 5.92 Å². The SMILES string of the molecule is CC1CCCC(N(C)S(=O)(=O)c2cnc(Cl)s2)C1. The van der Waals surface area contributed by atoms with E-state index in [2.05, 4.69) is 11.9 Å². The van der Waals surface area contributed by atoms with E-state index in [-0.39, 0.29) is 14.7 Å². The third-order valence-electron chi connectivity index (χ3n) is 3.51. The zero-order valence-electron chi connectivity index (χ0n) is 10.5. The Morgan fingerprint density at radius 2 is 2.22 bits per heavy atom. The van der Waals surface area contributed by atoms with Crippen LogP contribution in [0.1, 0.15) is 32.6 Å². The molecule has 1 saturated carbocycles. The van der Waals surface area contributed by atoms with Gasteiger partial charge in [0.2, 0.25) is 0 Å². The van der Waals surface area contributed by atoms with Crippen LogP contribution in [-0.2, 0) is 10.0 Å². The molecule has 2 atom stereocenters. The molecule has 4 nitrogen and oxygen atoms in total. The Morgan fingerprint density at radius 1 is 1.50 bits per heavy atom. The van der Waals surface area contributed by atoms with Crippen molar-refractivity contribution in [3.8, 4) is 0 Å². The minimum Gasteiger partial charge on any atom is -0.232 e. The molecule has 0 spiro atoms. The maximum absolute atomic E-state index is 12.4. The van der Waals surface area contributed by atoms with Crippen LogP contribution in [0.25, 0.3) is 0 Å². The van der Waals surface area contributed by atoms with E-state index in [4.69, 9.17) is 11.6 Å². The third kappa shape index (κ3) is 2.87. The van der Waals surface area contributed by atoms with E-state index in [9.17, 15) is 8.42 Å². The Kier molecular flexibility index (Phi) is 4.31. The van der Waals surface area contributed by atoms with Crippen molar-refractivity contribution in [3.63, 3.8) is 0 Å². The van der Waals surface area contributed by atoms with Gasteiger partial charge < -0.3 is 0 Å². The predicted molar refractivity (Wildman–Crippen MR) is 73.5 cm³/mol. The summed E-state index contributed by atoms with van der Waals surface area (Å²) in [4.78, 5) is 3.80. The van der Waals surface area contributed by atoms with E-state index in [0.29, 0.717) is 5.92 Å². The minimum atomic E-state index is -3.44. The summed E-state index contributed by atoms with van der Waals surface area (Å²) in [6.45, 7) is 2.18. The van der Waals surface area contributed by atoms with Gasteiger partial charge in [0, 0.05) is 13.1 Å². The summed E-state index contributed by atoms with van der Waals surface area (Å²) >= 11 is 6.72. The molecule has 0 saturated heterocycles. The van der Waals surface area contributed by atoms with Crippen LogP contribution < -0.4 is 0 Å². The van der Waals surface area contributed by atoms with Crippen LogP contribution in [0.4, 0.5) is 0 Å². The summed E-state index contributed by atoms with van der Waals surface area (Å²) in [5.74, 6) is 0.589. The van der Waals surface area contributed by atoms with Gasteiger partial charge in [0.1, 0.15) is 0 Å². The number of sulfonamides is 1. The number of halogens is 1. The van der Waals surface area contributed by atoms with Gasteiger partial charge in [-0.25, -0.2) is 13.4 Å². The third-order valence-corrected chi connectivity index (χ3v) is 6.97. The van der Waals surface area contributed by atoms with Crippen molar-refractivity contribution < 1.29 is 8.42 Å². The molecule has 0 amide bonds. The van der Waals surface area contributed by atoms with Crippen LogP contribution in [0.3, 0.4) is 0 Å². The molecule has 102 valence electrons. The smallest absolute Gasteiger partial charge is 0.232 e. The molecule has 1 aliphatic carbocycles. The average molecular weight is 309 g/mol. The molecule has 0 N–H and O–H groups in total. The highest BCUT2D eigenvalue weighted by molar-refractivity contribution is 7.91. The Morgan fingerprint density at radius 3 is 2.78 bits per heavy atom. The van der Waals surface area contributed by atoms with Crippen molar-refractivity contribution in [2.45, 2.75) is 42.9 Å². The largest absolute Gasteiger partial charge is 0.254 e. The first-order valence-corrected chi connectivity index (χ1v) is 8.64. The van der Waals surface area contributed by atoms with E-state index >= 15 is 0 Å². The first-order valence-electron chi connectivity index (χ1n) is 6.00. The number of thiazole rings is 1. The van der Waals surface area contributed by atoms with Crippen LogP contribution in [0.5, 0.6) is 0 Å². The summed E-state index contributed by atoms with van der Waals surface area (Å²) in [7, 11) is -1.78. The molecule has 1 aliphatic rings. The fourth-order valence-electron chi connectivity index (χ4n) is 2.43. The summed E-state index contributed by atoms with van der Waals surface area (Å²) < 4.78 is 26.8. The zero-order valence-corrected chi connectivity index (χ0v) is 12.9. The second kappa shape index (κ2) is 5.45. The number of hydrogen-bond acceptors (Lipinski definition) is 4. The fourth-order valence-corrected chi connectivity index (χ4v) is 5.31. The summed E-state index contributed by atoms with van der Waals surface area (Å²) in [5.41, 5.74) is 0. The van der Waals surface area contributed by atoms with Crippen LogP contribution >= 0.6 is 22.9 Å². The lowest BCUT2D eigenvalue weighted by atomic mass is 9.87. The second-order valence-corrected chi connectivity index (χ2v) is 8.72. The number of nitrogens with zero attached hydrogens (tertiary/aromatic N) is 2. The molecule has 1 aromatic heterocycles. The molecule has 2 unspecified atom stereocenters. The average Bonchev–Trinajstić information content (AvgIpc) is 2.75. The van der Waals surface area contributed by atoms with Gasteiger partial charge in [-0.1, -0.05) is 42.7 Å². The van der Waals surface area contributed by atoms with Crippen molar-refractivity contribution in [3.05, 3.63) is 10.7 Å². The molecule has 7 heteroatoms. The van der Waals surface area contributed by atoms with Gasteiger partial charge in [0.25, 0.3) is 10.0 Å². The molecule has 1 heterocycles. The van der Waals surface area contributed by atoms with E-state index < -0.39 is 10.0 Å². The Balaban J connectivity index is 2.19. The van der Waals surface area contributed by atoms with E-state index in [1.165, 1.54) is 16.9 Å². The number of rotatable bonds is 3. The zero-order chi connectivity index (χ0) is 13.3. The first kappa shape index (κ1) is 14.2. The lowest BCUT2D eigenvalue weighted by molar-refractivity contribution is 0.239. The highest BCUT2D eigenvalue weighted by atomic mass is 35.5. The van der Waals surface area contributed by atoms with Gasteiger partial charge in [0.05, 0.1) is 6.20 Å². The van der Waals surface area contributed by atoms with Crippen molar-refractivity contribution in [1.82, 2.24) is 9.29 Å². The Labute approximate surface area is 117 Å². The molecule has 18 heavy (non-hydrogen) atoms. The molecule has 1 fully saturated rings. The Hall–Kier alpha value is -0.170. The lowest BCUT2D eigenvalue weighted by Gasteiger charge is -2.32. The van der Waals surface area contributed by atoms with Gasteiger partial charge in [-0.3, -0.25) is 0 Å². The quantitative estimate of drug-likeness (QED) is 0.862. The number of aromatic nitrogens is 1. The highest BCUT2D eigenvalue weighted by Crippen LogP contribution is 2.31. The van der Waals surface area contributed by atoms with Gasteiger partial charge in [-0.05, 0) is 18.8 Å². The van der Waals surface area contributed by atoms with Gasteiger partial charge in [0.15, 0.2) is 8.68 Å². The highest BCUT2D eigenvalue weighted by Gasteiger charge is 2.32. The fraction of sp³-hybridized carbons (Fsp3) is 0.727. The minimum absolute atomic E-state index is 0.0969. The van der Waals surface area contributed by atoms with Gasteiger partial charge in [-0.15, -0.1) is 0 Å². The van der Waals surface area contributed by atoms with E-state index in [1.807, 2.05) is 0 Å². The molecule has 0 radical (unpaired) electrons. The monoisotopic (exact) mass is 308 g/mol. The molecular formula is C11H17ClN2O2S2. The topological polar surface area (TPSA) is 50.3 Å². The number of hydrogen-bond donors (Lipinski definition) is 0. The van der Waals surface area contributed by atoms with E-state index in [0.717, 1.165) is 30.6 Å². The summed E-state index contributed by atoms with van der Waals surface area (Å²) in [6, 6.07) is 0.0969. The second-order valence-electron chi connectivity index (χ2n) is 4.88. The van der Waals surface area contributed by atoms with Crippen molar-refractivity contribution in [2.75, 3.05) is 7.05 Å².